The van der Waals surface area contributed by atoms with Gasteiger partial charge in [0.05, 0.1) is 37.2 Å². The number of benzene rings is 1. The molecule has 1 amide bonds. The SMILES string of the molecule is O=C1Cc2cc(C(=O)CSc3nnc(-c4ccoc4)c(-c4ccoc4)n3)ccc2N1. The average molecular weight is 418 g/mol. The highest BCUT2D eigenvalue weighted by Gasteiger charge is 2.20. The minimum atomic E-state index is -0.0745. The van der Waals surface area contributed by atoms with Gasteiger partial charge < -0.3 is 14.2 Å². The van der Waals surface area contributed by atoms with Crippen LogP contribution in [0, 0.1) is 0 Å². The van der Waals surface area contributed by atoms with Gasteiger partial charge in [0.25, 0.3) is 0 Å². The number of Topliss-reactive ketones (excluding diaryl/α,β-unsaturated/α-hetero) is 1. The van der Waals surface area contributed by atoms with E-state index in [1.165, 1.54) is 11.8 Å². The maximum absolute atomic E-state index is 12.6. The zero-order valence-corrected chi connectivity index (χ0v) is 16.3. The van der Waals surface area contributed by atoms with Crippen LogP contribution in [0.5, 0.6) is 0 Å². The number of rotatable bonds is 6. The van der Waals surface area contributed by atoms with E-state index in [0.717, 1.165) is 22.4 Å². The first-order valence-electron chi connectivity index (χ1n) is 9.06. The highest BCUT2D eigenvalue weighted by Crippen LogP contribution is 2.31. The highest BCUT2D eigenvalue weighted by molar-refractivity contribution is 7.99. The zero-order chi connectivity index (χ0) is 20.5. The minimum Gasteiger partial charge on any atom is -0.472 e. The molecule has 4 aromatic rings. The largest absolute Gasteiger partial charge is 0.472 e. The van der Waals surface area contributed by atoms with Gasteiger partial charge in [-0.25, -0.2) is 4.98 Å². The molecule has 1 N–H and O–H groups in total. The van der Waals surface area contributed by atoms with Crippen LogP contribution in [0.15, 0.2) is 69.4 Å². The van der Waals surface area contributed by atoms with E-state index in [-0.39, 0.29) is 17.4 Å². The van der Waals surface area contributed by atoms with Crippen LogP contribution in [0.4, 0.5) is 5.69 Å². The topological polar surface area (TPSA) is 111 Å². The number of ketones is 1. The molecular formula is C21H14N4O4S. The summed E-state index contributed by atoms with van der Waals surface area (Å²) >= 11 is 1.20. The third kappa shape index (κ3) is 3.50. The maximum Gasteiger partial charge on any atom is 0.228 e. The summed E-state index contributed by atoms with van der Waals surface area (Å²) in [7, 11) is 0. The number of aromatic nitrogens is 3. The Balaban J connectivity index is 1.37. The Hall–Kier alpha value is -3.72. The highest BCUT2D eigenvalue weighted by atomic mass is 32.2. The number of carbonyl (C=O) groups excluding carboxylic acids is 2. The first-order valence-corrected chi connectivity index (χ1v) is 10.0. The summed E-state index contributed by atoms with van der Waals surface area (Å²) in [6, 6.07) is 8.79. The normalized spacial score (nSPS) is 12.6. The van der Waals surface area contributed by atoms with Crippen molar-refractivity contribution < 1.29 is 18.4 Å². The van der Waals surface area contributed by atoms with Crippen molar-refractivity contribution in [2.45, 2.75) is 11.6 Å². The molecule has 0 atom stereocenters. The number of furan rings is 2. The molecule has 5 rings (SSSR count). The van der Waals surface area contributed by atoms with Crippen molar-refractivity contribution in [2.75, 3.05) is 11.1 Å². The van der Waals surface area contributed by atoms with Gasteiger partial charge in [0.1, 0.15) is 11.4 Å². The van der Waals surface area contributed by atoms with E-state index in [0.29, 0.717) is 28.5 Å². The smallest absolute Gasteiger partial charge is 0.228 e. The molecule has 4 heterocycles. The lowest BCUT2D eigenvalue weighted by atomic mass is 10.1. The van der Waals surface area contributed by atoms with Crippen LogP contribution in [0.3, 0.4) is 0 Å². The molecule has 0 aliphatic carbocycles. The molecule has 30 heavy (non-hydrogen) atoms. The summed E-state index contributed by atoms with van der Waals surface area (Å²) in [5, 5.41) is 11.6. The van der Waals surface area contributed by atoms with E-state index in [9.17, 15) is 9.59 Å². The molecule has 0 bridgehead atoms. The third-order valence-corrected chi connectivity index (χ3v) is 5.48. The molecule has 0 spiro atoms. The molecule has 0 unspecified atom stereocenters. The predicted octanol–water partition coefficient (Wildman–Crippen LogP) is 3.86. The fraction of sp³-hybridized carbons (Fsp3) is 0.0952. The van der Waals surface area contributed by atoms with E-state index in [2.05, 4.69) is 20.5 Å². The predicted molar refractivity (Wildman–Crippen MR) is 109 cm³/mol. The molecule has 0 fully saturated rings. The second-order valence-electron chi connectivity index (χ2n) is 6.62. The molecular weight excluding hydrogens is 404 g/mol. The van der Waals surface area contributed by atoms with Crippen LogP contribution in [0.2, 0.25) is 0 Å². The van der Waals surface area contributed by atoms with Crippen molar-refractivity contribution in [3.63, 3.8) is 0 Å². The molecule has 1 aromatic carbocycles. The molecule has 0 radical (unpaired) electrons. The lowest BCUT2D eigenvalue weighted by Gasteiger charge is -2.06. The second-order valence-corrected chi connectivity index (χ2v) is 7.57. The summed E-state index contributed by atoms with van der Waals surface area (Å²) in [4.78, 5) is 28.7. The van der Waals surface area contributed by atoms with Crippen LogP contribution < -0.4 is 5.32 Å². The molecule has 3 aromatic heterocycles. The number of amides is 1. The van der Waals surface area contributed by atoms with Crippen LogP contribution in [0.1, 0.15) is 15.9 Å². The summed E-state index contributed by atoms with van der Waals surface area (Å²) < 4.78 is 10.3. The van der Waals surface area contributed by atoms with E-state index in [1.807, 2.05) is 0 Å². The van der Waals surface area contributed by atoms with Gasteiger partial charge in [-0.15, -0.1) is 10.2 Å². The number of nitrogens with zero attached hydrogens (tertiary/aromatic N) is 3. The number of anilines is 1. The van der Waals surface area contributed by atoms with Crippen LogP contribution in [-0.2, 0) is 11.2 Å². The maximum atomic E-state index is 12.6. The molecule has 0 saturated carbocycles. The number of hydrogen-bond acceptors (Lipinski definition) is 8. The van der Waals surface area contributed by atoms with E-state index in [4.69, 9.17) is 8.83 Å². The summed E-state index contributed by atoms with van der Waals surface area (Å²) in [5.41, 5.74) is 4.81. The van der Waals surface area contributed by atoms with Crippen molar-refractivity contribution in [1.82, 2.24) is 15.2 Å². The summed E-state index contributed by atoms with van der Waals surface area (Å²) in [6.07, 6.45) is 6.55. The summed E-state index contributed by atoms with van der Waals surface area (Å²) in [5.74, 6) is 0.0139. The molecule has 9 heteroatoms. The Morgan fingerprint density at radius 2 is 1.80 bits per heavy atom. The summed E-state index contributed by atoms with van der Waals surface area (Å²) in [6.45, 7) is 0. The number of thioether (sulfide) groups is 1. The molecule has 8 nitrogen and oxygen atoms in total. The fourth-order valence-corrected chi connectivity index (χ4v) is 3.86. The monoisotopic (exact) mass is 418 g/mol. The Morgan fingerprint density at radius 1 is 1.03 bits per heavy atom. The number of carbonyl (C=O) groups is 2. The molecule has 1 aliphatic rings. The third-order valence-electron chi connectivity index (χ3n) is 4.64. The lowest BCUT2D eigenvalue weighted by molar-refractivity contribution is -0.115. The van der Waals surface area contributed by atoms with Crippen molar-refractivity contribution in [3.8, 4) is 22.5 Å². The van der Waals surface area contributed by atoms with Gasteiger partial charge in [0, 0.05) is 22.4 Å². The van der Waals surface area contributed by atoms with Gasteiger partial charge in [0.15, 0.2) is 5.78 Å². The van der Waals surface area contributed by atoms with E-state index < -0.39 is 0 Å². The van der Waals surface area contributed by atoms with Crippen LogP contribution in [-0.4, -0.2) is 32.6 Å². The number of nitrogens with one attached hydrogen (secondary N) is 1. The Labute approximate surface area is 174 Å². The molecule has 1 aliphatic heterocycles. The van der Waals surface area contributed by atoms with Crippen molar-refractivity contribution in [3.05, 3.63) is 66.5 Å². The zero-order valence-electron chi connectivity index (χ0n) is 15.5. The van der Waals surface area contributed by atoms with Gasteiger partial charge in [-0.3, -0.25) is 9.59 Å². The van der Waals surface area contributed by atoms with Crippen LogP contribution >= 0.6 is 11.8 Å². The Bertz CT molecular complexity index is 1240. The number of hydrogen-bond donors (Lipinski definition) is 1. The molecule has 0 saturated heterocycles. The van der Waals surface area contributed by atoms with Crippen molar-refractivity contribution in [1.29, 1.82) is 0 Å². The van der Waals surface area contributed by atoms with Gasteiger partial charge in [-0.1, -0.05) is 11.8 Å². The van der Waals surface area contributed by atoms with Crippen molar-refractivity contribution >= 4 is 29.1 Å². The van der Waals surface area contributed by atoms with Gasteiger partial charge in [-0.05, 0) is 35.9 Å². The number of fused-ring (bicyclic) bond motifs is 1. The minimum absolute atomic E-state index is 0.0621. The standard InChI is InChI=1S/C21H14N4O4S/c26-17(12-1-2-16-15(7-12)8-18(27)22-16)11-30-21-23-19(13-3-5-28-9-13)20(24-25-21)14-4-6-29-10-14/h1-7,9-10H,8,11H2,(H,22,27). The average Bonchev–Trinajstić information content (AvgIpc) is 3.52. The van der Waals surface area contributed by atoms with Crippen LogP contribution in [0.25, 0.3) is 22.5 Å². The second kappa shape index (κ2) is 7.60. The Morgan fingerprint density at radius 3 is 2.53 bits per heavy atom. The van der Waals surface area contributed by atoms with E-state index >= 15 is 0 Å². The molecule has 148 valence electrons. The first kappa shape index (κ1) is 18.3. The van der Waals surface area contributed by atoms with Gasteiger partial charge in [-0.2, -0.15) is 0 Å². The van der Waals surface area contributed by atoms with Gasteiger partial charge >= 0.3 is 0 Å². The lowest BCUT2D eigenvalue weighted by Crippen LogP contribution is -2.05. The quantitative estimate of drug-likeness (QED) is 0.371. The Kier molecular flexibility index (Phi) is 4.64. The van der Waals surface area contributed by atoms with E-state index in [1.54, 1.807) is 55.4 Å². The first-order chi connectivity index (χ1) is 14.7. The fourth-order valence-electron chi connectivity index (χ4n) is 3.18. The van der Waals surface area contributed by atoms with Crippen molar-refractivity contribution in [2.24, 2.45) is 0 Å². The van der Waals surface area contributed by atoms with Gasteiger partial charge in [0.2, 0.25) is 11.1 Å².